The van der Waals surface area contributed by atoms with E-state index in [2.05, 4.69) is 4.98 Å². The zero-order valence-electron chi connectivity index (χ0n) is 9.96. The van der Waals surface area contributed by atoms with Crippen LogP contribution in [0.25, 0.3) is 0 Å². The van der Waals surface area contributed by atoms with Crippen LogP contribution in [0.5, 0.6) is 11.5 Å². The number of hydrogen-bond acceptors (Lipinski definition) is 5. The second-order valence-corrected chi connectivity index (χ2v) is 4.48. The van der Waals surface area contributed by atoms with Gasteiger partial charge in [0.1, 0.15) is 5.82 Å². The van der Waals surface area contributed by atoms with Gasteiger partial charge in [0, 0.05) is 12.6 Å². The number of phenols is 2. The first-order valence-electron chi connectivity index (χ1n) is 5.58. The van der Waals surface area contributed by atoms with Gasteiger partial charge in [0.25, 0.3) is 5.56 Å². The molecule has 0 saturated heterocycles. The van der Waals surface area contributed by atoms with Gasteiger partial charge in [0.05, 0.1) is 0 Å². The van der Waals surface area contributed by atoms with Crippen LogP contribution in [-0.2, 0) is 13.0 Å². The molecule has 0 aliphatic heterocycles. The number of phenolic OH excluding ortho intramolecular Hbond substituents is 2. The summed E-state index contributed by atoms with van der Waals surface area (Å²) in [7, 11) is 0. The molecule has 0 bridgehead atoms. The monoisotopic (exact) mass is 279 g/mol. The lowest BCUT2D eigenvalue weighted by Crippen LogP contribution is -2.17. The van der Waals surface area contributed by atoms with Crippen LogP contribution in [0.1, 0.15) is 5.56 Å². The van der Waals surface area contributed by atoms with E-state index in [0.29, 0.717) is 13.0 Å². The average molecular weight is 279 g/mol. The molecule has 1 heterocycles. The quantitative estimate of drug-likeness (QED) is 0.498. The van der Waals surface area contributed by atoms with Gasteiger partial charge in [0.15, 0.2) is 16.3 Å². The van der Waals surface area contributed by atoms with Crippen molar-refractivity contribution in [3.63, 3.8) is 0 Å². The number of nitrogens with two attached hydrogens (primary N) is 1. The Morgan fingerprint density at radius 3 is 2.63 bits per heavy atom. The predicted molar refractivity (Wildman–Crippen MR) is 73.8 cm³/mol. The van der Waals surface area contributed by atoms with E-state index in [-0.39, 0.29) is 27.6 Å². The highest BCUT2D eigenvalue weighted by Gasteiger charge is 2.04. The summed E-state index contributed by atoms with van der Waals surface area (Å²) in [6.07, 6.45) is 0.554. The minimum Gasteiger partial charge on any atom is -0.504 e. The Morgan fingerprint density at radius 1 is 1.26 bits per heavy atom. The molecule has 0 aliphatic rings. The minimum atomic E-state index is -0.332. The van der Waals surface area contributed by atoms with Crippen molar-refractivity contribution in [2.75, 3.05) is 5.73 Å². The number of aromatic hydroxyl groups is 2. The number of hydrogen-bond donors (Lipinski definition) is 4. The van der Waals surface area contributed by atoms with Crippen LogP contribution in [0.4, 0.5) is 5.82 Å². The Kier molecular flexibility index (Phi) is 3.57. The van der Waals surface area contributed by atoms with Crippen LogP contribution in [0.3, 0.4) is 0 Å². The molecule has 0 amide bonds. The van der Waals surface area contributed by atoms with Crippen LogP contribution in [0.15, 0.2) is 29.1 Å². The third kappa shape index (κ3) is 2.94. The number of aromatic amines is 1. The molecule has 0 fully saturated rings. The predicted octanol–water partition coefficient (Wildman–Crippen LogP) is 1.14. The highest BCUT2D eigenvalue weighted by atomic mass is 32.1. The third-order valence-corrected chi connectivity index (χ3v) is 3.05. The summed E-state index contributed by atoms with van der Waals surface area (Å²) in [5.74, 6) is -0.0452. The van der Waals surface area contributed by atoms with E-state index in [1.54, 1.807) is 10.6 Å². The summed E-state index contributed by atoms with van der Waals surface area (Å²) in [5.41, 5.74) is 6.22. The number of nitrogens with one attached hydrogen (secondary N) is 1. The zero-order chi connectivity index (χ0) is 14.0. The highest BCUT2D eigenvalue weighted by molar-refractivity contribution is 7.71. The standard InChI is InChI=1S/C12H13N3O3S/c13-10-6-11(18)14-12(19)15(10)4-3-7-1-2-8(16)9(17)5-7/h1-2,5-6,16-17H,3-4,13H2,(H,14,18,19). The Balaban J connectivity index is 2.21. The molecule has 0 saturated carbocycles. The minimum absolute atomic E-state index is 0.163. The molecule has 0 spiro atoms. The lowest BCUT2D eigenvalue weighted by molar-refractivity contribution is 0.403. The molecule has 2 rings (SSSR count). The van der Waals surface area contributed by atoms with Crippen LogP contribution >= 0.6 is 12.2 Å². The topological polar surface area (TPSA) is 104 Å². The Bertz CT molecular complexity index is 721. The summed E-state index contributed by atoms with van der Waals surface area (Å²) in [4.78, 5) is 13.6. The van der Waals surface area contributed by atoms with Gasteiger partial charge >= 0.3 is 0 Å². The summed E-state index contributed by atoms with van der Waals surface area (Å²) in [6.45, 7) is 0.464. The van der Waals surface area contributed by atoms with Crippen LogP contribution in [0.2, 0.25) is 0 Å². The molecule has 1 aromatic carbocycles. The number of nitrogen functional groups attached to an aromatic ring is 1. The molecule has 6 nitrogen and oxygen atoms in total. The van der Waals surface area contributed by atoms with Gasteiger partial charge in [-0.15, -0.1) is 0 Å². The molecule has 0 atom stereocenters. The van der Waals surface area contributed by atoms with Crippen molar-refractivity contribution in [3.8, 4) is 11.5 Å². The highest BCUT2D eigenvalue weighted by Crippen LogP contribution is 2.25. The number of benzene rings is 1. The molecular weight excluding hydrogens is 266 g/mol. The fourth-order valence-corrected chi connectivity index (χ4v) is 2.03. The maximum Gasteiger partial charge on any atom is 0.253 e. The van der Waals surface area contributed by atoms with Crippen molar-refractivity contribution in [3.05, 3.63) is 45.0 Å². The van der Waals surface area contributed by atoms with E-state index in [4.69, 9.17) is 18.0 Å². The fourth-order valence-electron chi connectivity index (χ4n) is 1.73. The van der Waals surface area contributed by atoms with E-state index in [9.17, 15) is 15.0 Å². The first kappa shape index (κ1) is 13.2. The van der Waals surface area contributed by atoms with Gasteiger partial charge in [-0.25, -0.2) is 0 Å². The first-order chi connectivity index (χ1) is 8.97. The van der Waals surface area contributed by atoms with Crippen molar-refractivity contribution < 1.29 is 10.2 Å². The number of H-pyrrole nitrogens is 1. The Morgan fingerprint density at radius 2 is 2.00 bits per heavy atom. The SMILES string of the molecule is Nc1cc(=O)[nH]c(=S)n1CCc1ccc(O)c(O)c1. The average Bonchev–Trinajstić information content (AvgIpc) is 2.32. The van der Waals surface area contributed by atoms with Crippen molar-refractivity contribution >= 4 is 18.0 Å². The first-order valence-corrected chi connectivity index (χ1v) is 5.98. The van der Waals surface area contributed by atoms with Crippen molar-refractivity contribution in [1.29, 1.82) is 0 Å². The molecule has 7 heteroatoms. The molecule has 0 radical (unpaired) electrons. The molecule has 100 valence electrons. The molecule has 0 aliphatic carbocycles. The van der Waals surface area contributed by atoms with Crippen molar-refractivity contribution in [2.24, 2.45) is 0 Å². The molecular formula is C12H13N3O3S. The van der Waals surface area contributed by atoms with Gasteiger partial charge in [-0.3, -0.25) is 9.78 Å². The normalized spacial score (nSPS) is 10.5. The van der Waals surface area contributed by atoms with E-state index in [1.807, 2.05) is 0 Å². The number of aromatic nitrogens is 2. The number of anilines is 1. The van der Waals surface area contributed by atoms with Gasteiger partial charge in [0.2, 0.25) is 0 Å². The summed E-state index contributed by atoms with van der Waals surface area (Å²) < 4.78 is 1.86. The zero-order valence-corrected chi connectivity index (χ0v) is 10.8. The fraction of sp³-hybridized carbons (Fsp3) is 0.167. The van der Waals surface area contributed by atoms with Crippen molar-refractivity contribution in [2.45, 2.75) is 13.0 Å². The Hall–Kier alpha value is -2.28. The maximum atomic E-state index is 11.1. The maximum absolute atomic E-state index is 11.1. The second kappa shape index (κ2) is 5.15. The summed E-state index contributed by atoms with van der Waals surface area (Å²) >= 11 is 5.03. The van der Waals surface area contributed by atoms with Gasteiger partial charge in [-0.1, -0.05) is 6.07 Å². The van der Waals surface area contributed by atoms with Crippen LogP contribution in [-0.4, -0.2) is 19.8 Å². The van der Waals surface area contributed by atoms with Gasteiger partial charge in [-0.05, 0) is 36.3 Å². The van der Waals surface area contributed by atoms with Crippen LogP contribution < -0.4 is 11.3 Å². The molecule has 2 aromatic rings. The second-order valence-electron chi connectivity index (χ2n) is 4.09. The molecule has 0 unspecified atom stereocenters. The van der Waals surface area contributed by atoms with E-state index in [0.717, 1.165) is 5.56 Å². The summed E-state index contributed by atoms with van der Waals surface area (Å²) in [5, 5.41) is 18.6. The van der Waals surface area contributed by atoms with E-state index < -0.39 is 0 Å². The lowest BCUT2D eigenvalue weighted by atomic mass is 10.1. The Labute approximate surface area is 113 Å². The third-order valence-electron chi connectivity index (χ3n) is 2.73. The number of aryl methyl sites for hydroxylation is 1. The van der Waals surface area contributed by atoms with Gasteiger partial charge in [-0.2, -0.15) is 0 Å². The van der Waals surface area contributed by atoms with E-state index >= 15 is 0 Å². The number of nitrogens with zero attached hydrogens (tertiary/aromatic N) is 1. The lowest BCUT2D eigenvalue weighted by Gasteiger charge is -2.10. The van der Waals surface area contributed by atoms with Crippen LogP contribution in [0, 0.1) is 4.77 Å². The summed E-state index contributed by atoms with van der Waals surface area (Å²) in [6, 6.07) is 5.85. The largest absolute Gasteiger partial charge is 0.504 e. The number of rotatable bonds is 3. The van der Waals surface area contributed by atoms with Gasteiger partial charge < -0.3 is 20.5 Å². The van der Waals surface area contributed by atoms with Crippen molar-refractivity contribution in [1.82, 2.24) is 9.55 Å². The molecule has 19 heavy (non-hydrogen) atoms. The smallest absolute Gasteiger partial charge is 0.253 e. The van der Waals surface area contributed by atoms with E-state index in [1.165, 1.54) is 18.2 Å². The molecule has 1 aromatic heterocycles. The molecule has 5 N–H and O–H groups in total.